The lowest BCUT2D eigenvalue weighted by Crippen LogP contribution is -2.10. The molecule has 0 aliphatic rings. The van der Waals surface area contributed by atoms with Crippen LogP contribution in [-0.4, -0.2) is 36.1 Å². The molecular formula is C15H18N2O3. The van der Waals surface area contributed by atoms with Gasteiger partial charge in [-0.2, -0.15) is 5.10 Å². The minimum absolute atomic E-state index is 0.308. The Labute approximate surface area is 118 Å². The highest BCUT2D eigenvalue weighted by Crippen LogP contribution is 2.20. The normalized spacial score (nSPS) is 10.5. The standard InChI is InChI=1S/C15H18N2O3/c1-3-20-10-9-17-14(12-7-5-4-6-8-12)11-13(16-17)15(18)19-2/h4-8,11H,3,9-10H2,1-2H3. The van der Waals surface area contributed by atoms with Crippen molar-refractivity contribution in [2.45, 2.75) is 13.5 Å². The molecule has 0 fully saturated rings. The summed E-state index contributed by atoms with van der Waals surface area (Å²) < 4.78 is 11.8. The topological polar surface area (TPSA) is 53.4 Å². The number of hydrogen-bond acceptors (Lipinski definition) is 4. The summed E-state index contributed by atoms with van der Waals surface area (Å²) in [6.45, 7) is 3.75. The van der Waals surface area contributed by atoms with Crippen LogP contribution in [0.3, 0.4) is 0 Å². The molecule has 5 heteroatoms. The van der Waals surface area contributed by atoms with Crippen molar-refractivity contribution in [1.82, 2.24) is 9.78 Å². The van der Waals surface area contributed by atoms with Gasteiger partial charge in [-0.3, -0.25) is 4.68 Å². The summed E-state index contributed by atoms with van der Waals surface area (Å²) in [6.07, 6.45) is 0. The first-order valence-electron chi connectivity index (χ1n) is 6.55. The first-order valence-corrected chi connectivity index (χ1v) is 6.55. The van der Waals surface area contributed by atoms with Gasteiger partial charge >= 0.3 is 5.97 Å². The van der Waals surface area contributed by atoms with E-state index in [1.54, 1.807) is 10.7 Å². The predicted molar refractivity (Wildman–Crippen MR) is 75.5 cm³/mol. The van der Waals surface area contributed by atoms with Gasteiger partial charge in [0, 0.05) is 6.61 Å². The van der Waals surface area contributed by atoms with Gasteiger partial charge in [0.05, 0.1) is 26.0 Å². The molecule has 5 nitrogen and oxygen atoms in total. The number of ether oxygens (including phenoxy) is 2. The van der Waals surface area contributed by atoms with Crippen molar-refractivity contribution in [2.24, 2.45) is 0 Å². The third-order valence-corrected chi connectivity index (χ3v) is 2.90. The molecule has 0 bridgehead atoms. The van der Waals surface area contributed by atoms with E-state index in [1.807, 2.05) is 37.3 Å². The Morgan fingerprint density at radius 3 is 2.70 bits per heavy atom. The summed E-state index contributed by atoms with van der Waals surface area (Å²) in [7, 11) is 1.35. The average molecular weight is 274 g/mol. The SMILES string of the molecule is CCOCCn1nc(C(=O)OC)cc1-c1ccccc1. The van der Waals surface area contributed by atoms with E-state index < -0.39 is 5.97 Å². The van der Waals surface area contributed by atoms with Crippen molar-refractivity contribution in [3.05, 3.63) is 42.1 Å². The lowest BCUT2D eigenvalue weighted by atomic mass is 10.1. The Morgan fingerprint density at radius 1 is 1.30 bits per heavy atom. The summed E-state index contributed by atoms with van der Waals surface area (Å²) in [5.74, 6) is -0.433. The highest BCUT2D eigenvalue weighted by Gasteiger charge is 2.15. The van der Waals surface area contributed by atoms with Crippen LogP contribution < -0.4 is 0 Å². The molecule has 1 aromatic heterocycles. The lowest BCUT2D eigenvalue weighted by molar-refractivity contribution is 0.0592. The van der Waals surface area contributed by atoms with E-state index in [-0.39, 0.29) is 0 Å². The first kappa shape index (κ1) is 14.3. The second kappa shape index (κ2) is 6.86. The van der Waals surface area contributed by atoms with Crippen LogP contribution in [0, 0.1) is 0 Å². The molecule has 0 radical (unpaired) electrons. The molecule has 0 unspecified atom stereocenters. The van der Waals surface area contributed by atoms with Crippen molar-refractivity contribution < 1.29 is 14.3 Å². The molecule has 2 aromatic rings. The molecule has 0 saturated heterocycles. The minimum Gasteiger partial charge on any atom is -0.464 e. The maximum atomic E-state index is 11.6. The van der Waals surface area contributed by atoms with E-state index in [2.05, 4.69) is 5.10 Å². The van der Waals surface area contributed by atoms with Crippen LogP contribution in [0.15, 0.2) is 36.4 Å². The zero-order chi connectivity index (χ0) is 14.4. The zero-order valence-corrected chi connectivity index (χ0v) is 11.7. The van der Waals surface area contributed by atoms with E-state index in [1.165, 1.54) is 7.11 Å². The van der Waals surface area contributed by atoms with E-state index in [9.17, 15) is 4.79 Å². The fourth-order valence-electron chi connectivity index (χ4n) is 1.93. The second-order valence-electron chi connectivity index (χ2n) is 4.19. The number of benzene rings is 1. The second-order valence-corrected chi connectivity index (χ2v) is 4.19. The highest BCUT2D eigenvalue weighted by molar-refractivity contribution is 5.88. The fraction of sp³-hybridized carbons (Fsp3) is 0.333. The summed E-state index contributed by atoms with van der Waals surface area (Å²) in [5.41, 5.74) is 2.19. The van der Waals surface area contributed by atoms with Gasteiger partial charge in [0.15, 0.2) is 5.69 Å². The smallest absolute Gasteiger partial charge is 0.358 e. The number of aromatic nitrogens is 2. The van der Waals surface area contributed by atoms with Crippen molar-refractivity contribution in [1.29, 1.82) is 0 Å². The average Bonchev–Trinajstić information content (AvgIpc) is 2.92. The van der Waals surface area contributed by atoms with Crippen LogP contribution in [0.25, 0.3) is 11.3 Å². The summed E-state index contributed by atoms with van der Waals surface area (Å²) in [5, 5.41) is 4.29. The van der Waals surface area contributed by atoms with Gasteiger partial charge in [0.2, 0.25) is 0 Å². The van der Waals surface area contributed by atoms with Crippen molar-refractivity contribution in [3.63, 3.8) is 0 Å². The van der Waals surface area contributed by atoms with Gasteiger partial charge in [0.1, 0.15) is 0 Å². The molecule has 1 aromatic carbocycles. The zero-order valence-electron chi connectivity index (χ0n) is 11.7. The van der Waals surface area contributed by atoms with Crippen LogP contribution in [0.5, 0.6) is 0 Å². The summed E-state index contributed by atoms with van der Waals surface area (Å²) in [4.78, 5) is 11.6. The summed E-state index contributed by atoms with van der Waals surface area (Å²) in [6, 6.07) is 11.6. The van der Waals surface area contributed by atoms with Gasteiger partial charge in [-0.05, 0) is 18.6 Å². The fourth-order valence-corrected chi connectivity index (χ4v) is 1.93. The van der Waals surface area contributed by atoms with Crippen molar-refractivity contribution in [3.8, 4) is 11.3 Å². The number of carbonyl (C=O) groups is 1. The number of rotatable bonds is 6. The molecule has 0 aliphatic heterocycles. The van der Waals surface area contributed by atoms with Crippen molar-refractivity contribution in [2.75, 3.05) is 20.3 Å². The maximum absolute atomic E-state index is 11.6. The van der Waals surface area contributed by atoms with Crippen LogP contribution in [0.1, 0.15) is 17.4 Å². The molecule has 0 atom stereocenters. The van der Waals surface area contributed by atoms with Crippen LogP contribution in [0.4, 0.5) is 0 Å². The molecule has 1 heterocycles. The Hall–Kier alpha value is -2.14. The number of nitrogens with zero attached hydrogens (tertiary/aromatic N) is 2. The molecule has 0 aliphatic carbocycles. The maximum Gasteiger partial charge on any atom is 0.358 e. The van der Waals surface area contributed by atoms with E-state index in [0.29, 0.717) is 25.5 Å². The molecule has 0 amide bonds. The molecular weight excluding hydrogens is 256 g/mol. The van der Waals surface area contributed by atoms with Crippen molar-refractivity contribution >= 4 is 5.97 Å². The van der Waals surface area contributed by atoms with E-state index in [0.717, 1.165) is 11.3 Å². The molecule has 0 N–H and O–H groups in total. The third-order valence-electron chi connectivity index (χ3n) is 2.90. The minimum atomic E-state index is -0.433. The van der Waals surface area contributed by atoms with Gasteiger partial charge in [-0.1, -0.05) is 30.3 Å². The Bertz CT molecular complexity index is 564. The van der Waals surface area contributed by atoms with Gasteiger partial charge in [0.25, 0.3) is 0 Å². The van der Waals surface area contributed by atoms with Crippen LogP contribution >= 0.6 is 0 Å². The van der Waals surface area contributed by atoms with Crippen LogP contribution in [-0.2, 0) is 16.0 Å². The Morgan fingerprint density at radius 2 is 2.05 bits per heavy atom. The van der Waals surface area contributed by atoms with Crippen LogP contribution in [0.2, 0.25) is 0 Å². The number of hydrogen-bond donors (Lipinski definition) is 0. The largest absolute Gasteiger partial charge is 0.464 e. The molecule has 20 heavy (non-hydrogen) atoms. The molecule has 0 saturated carbocycles. The Kier molecular flexibility index (Phi) is 4.90. The molecule has 106 valence electrons. The molecule has 2 rings (SSSR count). The number of methoxy groups -OCH3 is 1. The van der Waals surface area contributed by atoms with Gasteiger partial charge < -0.3 is 9.47 Å². The van der Waals surface area contributed by atoms with E-state index in [4.69, 9.17) is 9.47 Å². The van der Waals surface area contributed by atoms with Gasteiger partial charge in [-0.25, -0.2) is 4.79 Å². The lowest BCUT2D eigenvalue weighted by Gasteiger charge is -2.07. The molecule has 0 spiro atoms. The van der Waals surface area contributed by atoms with E-state index >= 15 is 0 Å². The number of esters is 1. The summed E-state index contributed by atoms with van der Waals surface area (Å²) >= 11 is 0. The Balaban J connectivity index is 2.32. The highest BCUT2D eigenvalue weighted by atomic mass is 16.5. The predicted octanol–water partition coefficient (Wildman–Crippen LogP) is 2.37. The van der Waals surface area contributed by atoms with Gasteiger partial charge in [-0.15, -0.1) is 0 Å². The first-order chi connectivity index (χ1) is 9.76. The third kappa shape index (κ3) is 3.24. The number of carbonyl (C=O) groups excluding carboxylic acids is 1. The monoisotopic (exact) mass is 274 g/mol. The quantitative estimate of drug-likeness (QED) is 0.599.